The molecule has 3 heterocycles. The van der Waals surface area contributed by atoms with Crippen LogP contribution in [-0.4, -0.2) is 19.5 Å². The van der Waals surface area contributed by atoms with Crippen molar-refractivity contribution in [1.29, 1.82) is 0 Å². The van der Waals surface area contributed by atoms with E-state index in [4.69, 9.17) is 16.6 Å². The maximum absolute atomic E-state index is 6.45. The van der Waals surface area contributed by atoms with E-state index in [0.29, 0.717) is 5.02 Å². The molecule has 4 rings (SSSR count). The SMILES string of the molecule is Clc1cccc2nc(-c3ccccn3)n(CCc3ccncc3)c12. The Hall–Kier alpha value is -2.72. The minimum absolute atomic E-state index is 0.705. The average molecular weight is 335 g/mol. The van der Waals surface area contributed by atoms with Crippen molar-refractivity contribution in [3.05, 3.63) is 77.7 Å². The minimum atomic E-state index is 0.705. The van der Waals surface area contributed by atoms with Gasteiger partial charge >= 0.3 is 0 Å². The van der Waals surface area contributed by atoms with E-state index in [1.165, 1.54) is 5.56 Å². The molecule has 0 N–H and O–H groups in total. The summed E-state index contributed by atoms with van der Waals surface area (Å²) in [6.45, 7) is 0.774. The molecular formula is C19H15ClN4. The summed E-state index contributed by atoms with van der Waals surface area (Å²) in [6, 6.07) is 15.7. The van der Waals surface area contributed by atoms with Gasteiger partial charge in [0.2, 0.25) is 0 Å². The molecule has 0 spiro atoms. The van der Waals surface area contributed by atoms with Gasteiger partial charge in [-0.2, -0.15) is 0 Å². The summed E-state index contributed by atoms with van der Waals surface area (Å²) in [7, 11) is 0. The van der Waals surface area contributed by atoms with Gasteiger partial charge in [0.1, 0.15) is 5.69 Å². The summed E-state index contributed by atoms with van der Waals surface area (Å²) in [4.78, 5) is 13.3. The molecule has 4 aromatic rings. The molecule has 0 unspecified atom stereocenters. The molecule has 0 fully saturated rings. The van der Waals surface area contributed by atoms with Gasteiger partial charge in [0.25, 0.3) is 0 Å². The second kappa shape index (κ2) is 6.42. The van der Waals surface area contributed by atoms with Crippen LogP contribution in [0.2, 0.25) is 5.02 Å². The highest BCUT2D eigenvalue weighted by Gasteiger charge is 2.15. The van der Waals surface area contributed by atoms with E-state index in [1.807, 2.05) is 60.9 Å². The summed E-state index contributed by atoms with van der Waals surface area (Å²) >= 11 is 6.45. The lowest BCUT2D eigenvalue weighted by molar-refractivity contribution is 0.721. The zero-order chi connectivity index (χ0) is 16.4. The highest BCUT2D eigenvalue weighted by Crippen LogP contribution is 2.29. The fourth-order valence-electron chi connectivity index (χ4n) is 2.84. The predicted octanol–water partition coefficient (Wildman–Crippen LogP) is 4.39. The van der Waals surface area contributed by atoms with E-state index in [-0.39, 0.29) is 0 Å². The lowest BCUT2D eigenvalue weighted by atomic mass is 10.2. The Bertz CT molecular complexity index is 965. The zero-order valence-electron chi connectivity index (χ0n) is 12.9. The van der Waals surface area contributed by atoms with Crippen LogP contribution in [0.15, 0.2) is 67.1 Å². The number of hydrogen-bond donors (Lipinski definition) is 0. The Balaban J connectivity index is 1.82. The maximum atomic E-state index is 6.45. The van der Waals surface area contributed by atoms with Crippen LogP contribution < -0.4 is 0 Å². The van der Waals surface area contributed by atoms with Crippen LogP contribution in [0, 0.1) is 0 Å². The maximum Gasteiger partial charge on any atom is 0.159 e. The van der Waals surface area contributed by atoms with Crippen molar-refractivity contribution in [2.75, 3.05) is 0 Å². The van der Waals surface area contributed by atoms with Gasteiger partial charge in [0, 0.05) is 25.1 Å². The van der Waals surface area contributed by atoms with Gasteiger partial charge in [-0.05, 0) is 48.4 Å². The van der Waals surface area contributed by atoms with E-state index < -0.39 is 0 Å². The van der Waals surface area contributed by atoms with E-state index in [1.54, 1.807) is 6.20 Å². The molecule has 0 aliphatic heterocycles. The Morgan fingerprint density at radius 2 is 1.79 bits per heavy atom. The number of halogens is 1. The summed E-state index contributed by atoms with van der Waals surface area (Å²) in [6.07, 6.45) is 6.28. The number of nitrogens with zero attached hydrogens (tertiary/aromatic N) is 4. The van der Waals surface area contributed by atoms with Gasteiger partial charge in [0.15, 0.2) is 5.82 Å². The summed E-state index contributed by atoms with van der Waals surface area (Å²) in [5, 5.41) is 0.705. The van der Waals surface area contributed by atoms with Gasteiger partial charge in [0.05, 0.1) is 16.1 Å². The van der Waals surface area contributed by atoms with Crippen LogP contribution >= 0.6 is 11.6 Å². The van der Waals surface area contributed by atoms with Crippen LogP contribution in [-0.2, 0) is 13.0 Å². The van der Waals surface area contributed by atoms with Crippen molar-refractivity contribution >= 4 is 22.6 Å². The molecule has 5 heteroatoms. The first kappa shape index (κ1) is 14.8. The van der Waals surface area contributed by atoms with Gasteiger partial charge < -0.3 is 4.57 Å². The monoisotopic (exact) mass is 334 g/mol. The zero-order valence-corrected chi connectivity index (χ0v) is 13.7. The molecule has 118 valence electrons. The second-order valence-corrected chi connectivity index (χ2v) is 5.92. The predicted molar refractivity (Wildman–Crippen MR) is 95.9 cm³/mol. The first-order valence-corrected chi connectivity index (χ1v) is 8.16. The number of fused-ring (bicyclic) bond motifs is 1. The molecule has 24 heavy (non-hydrogen) atoms. The number of aromatic nitrogens is 4. The molecule has 0 radical (unpaired) electrons. The third kappa shape index (κ3) is 2.76. The van der Waals surface area contributed by atoms with Gasteiger partial charge in [-0.25, -0.2) is 4.98 Å². The van der Waals surface area contributed by atoms with Gasteiger partial charge in [-0.3, -0.25) is 9.97 Å². The quantitative estimate of drug-likeness (QED) is 0.556. The standard InChI is InChI=1S/C19H15ClN4/c20-15-4-3-6-16-18(15)24(13-9-14-7-11-21-12-8-14)19(23-16)17-5-1-2-10-22-17/h1-8,10-12H,9,13H2. The Labute approximate surface area is 144 Å². The van der Waals surface area contributed by atoms with Crippen LogP contribution in [0.5, 0.6) is 0 Å². The van der Waals surface area contributed by atoms with Crippen molar-refractivity contribution in [3.63, 3.8) is 0 Å². The fourth-order valence-corrected chi connectivity index (χ4v) is 3.11. The van der Waals surface area contributed by atoms with E-state index in [0.717, 1.165) is 35.5 Å². The number of benzene rings is 1. The average Bonchev–Trinajstić information content (AvgIpc) is 3.01. The highest BCUT2D eigenvalue weighted by molar-refractivity contribution is 6.35. The van der Waals surface area contributed by atoms with Crippen LogP contribution in [0.4, 0.5) is 0 Å². The summed E-state index contributed by atoms with van der Waals surface area (Å²) in [5.74, 6) is 0.841. The molecule has 4 nitrogen and oxygen atoms in total. The third-order valence-electron chi connectivity index (χ3n) is 3.98. The lowest BCUT2D eigenvalue weighted by Gasteiger charge is -2.10. The Morgan fingerprint density at radius 1 is 0.917 bits per heavy atom. The Kier molecular flexibility index (Phi) is 3.97. The van der Waals surface area contributed by atoms with Crippen molar-refractivity contribution < 1.29 is 0 Å². The minimum Gasteiger partial charge on any atom is -0.321 e. The summed E-state index contributed by atoms with van der Waals surface area (Å²) in [5.41, 5.74) is 3.91. The van der Waals surface area contributed by atoms with Crippen molar-refractivity contribution in [2.45, 2.75) is 13.0 Å². The summed E-state index contributed by atoms with van der Waals surface area (Å²) < 4.78 is 2.15. The molecule has 1 aromatic carbocycles. The fraction of sp³-hybridized carbons (Fsp3) is 0.105. The van der Waals surface area contributed by atoms with E-state index in [2.05, 4.69) is 14.5 Å². The molecule has 0 atom stereocenters. The van der Waals surface area contributed by atoms with Crippen molar-refractivity contribution in [3.8, 4) is 11.5 Å². The van der Waals surface area contributed by atoms with Gasteiger partial charge in [-0.15, -0.1) is 0 Å². The van der Waals surface area contributed by atoms with Crippen LogP contribution in [0.1, 0.15) is 5.56 Å². The third-order valence-corrected chi connectivity index (χ3v) is 4.29. The van der Waals surface area contributed by atoms with Crippen molar-refractivity contribution in [2.24, 2.45) is 0 Å². The molecule has 0 aliphatic rings. The smallest absolute Gasteiger partial charge is 0.159 e. The molecular weight excluding hydrogens is 320 g/mol. The van der Waals surface area contributed by atoms with Crippen molar-refractivity contribution in [1.82, 2.24) is 19.5 Å². The lowest BCUT2D eigenvalue weighted by Crippen LogP contribution is -2.04. The topological polar surface area (TPSA) is 43.6 Å². The number of pyridine rings is 2. The largest absolute Gasteiger partial charge is 0.321 e. The number of para-hydroxylation sites is 1. The van der Waals surface area contributed by atoms with E-state index >= 15 is 0 Å². The molecule has 0 aliphatic carbocycles. The highest BCUT2D eigenvalue weighted by atomic mass is 35.5. The normalized spacial score (nSPS) is 11.0. The Morgan fingerprint density at radius 3 is 2.58 bits per heavy atom. The number of aryl methyl sites for hydroxylation is 2. The molecule has 0 bridgehead atoms. The molecule has 0 saturated carbocycles. The number of rotatable bonds is 4. The molecule has 0 saturated heterocycles. The van der Waals surface area contributed by atoms with E-state index in [9.17, 15) is 0 Å². The first-order valence-electron chi connectivity index (χ1n) is 7.78. The number of hydrogen-bond acceptors (Lipinski definition) is 3. The first-order chi connectivity index (χ1) is 11.8. The van der Waals surface area contributed by atoms with Gasteiger partial charge in [-0.1, -0.05) is 23.7 Å². The molecule has 3 aromatic heterocycles. The van der Waals surface area contributed by atoms with Crippen LogP contribution in [0.25, 0.3) is 22.6 Å². The number of imidazole rings is 1. The van der Waals surface area contributed by atoms with Crippen LogP contribution in [0.3, 0.4) is 0 Å². The second-order valence-electron chi connectivity index (χ2n) is 5.52. The molecule has 0 amide bonds.